The second-order valence-corrected chi connectivity index (χ2v) is 4.22. The van der Waals surface area contributed by atoms with Crippen molar-refractivity contribution in [3.05, 3.63) is 30.1 Å². The molecule has 1 aromatic heterocycles. The first kappa shape index (κ1) is 10.6. The number of rotatable bonds is 3. The van der Waals surface area contributed by atoms with Gasteiger partial charge in [-0.05, 0) is 31.0 Å². The van der Waals surface area contributed by atoms with Crippen LogP contribution in [0.2, 0.25) is 0 Å². The van der Waals surface area contributed by atoms with Crippen LogP contribution in [0.4, 0.5) is 0 Å². The molecule has 2 rings (SSSR count). The lowest BCUT2D eigenvalue weighted by atomic mass is 10.0. The molecule has 0 aliphatic carbocycles. The standard InChI is InChI=1S/C12H19N3/c13-8-12-5-1-2-7-15(12)10-11-4-3-6-14-9-11/h3-4,6,9,12H,1-2,5,7-8,10,13H2/t12-/m0/s1. The van der Waals surface area contributed by atoms with E-state index in [0.29, 0.717) is 6.04 Å². The van der Waals surface area contributed by atoms with Crippen LogP contribution in [0, 0.1) is 0 Å². The van der Waals surface area contributed by atoms with Gasteiger partial charge in [-0.3, -0.25) is 9.88 Å². The lowest BCUT2D eigenvalue weighted by molar-refractivity contribution is 0.145. The van der Waals surface area contributed by atoms with Crippen molar-refractivity contribution in [2.24, 2.45) is 5.73 Å². The summed E-state index contributed by atoms with van der Waals surface area (Å²) in [6.07, 6.45) is 7.64. The Bertz CT molecular complexity index is 286. The smallest absolute Gasteiger partial charge is 0.0312 e. The zero-order chi connectivity index (χ0) is 10.5. The molecule has 0 bridgehead atoms. The van der Waals surface area contributed by atoms with Crippen molar-refractivity contribution in [3.8, 4) is 0 Å². The zero-order valence-corrected chi connectivity index (χ0v) is 9.10. The van der Waals surface area contributed by atoms with Crippen molar-refractivity contribution in [2.75, 3.05) is 13.1 Å². The highest BCUT2D eigenvalue weighted by Crippen LogP contribution is 2.18. The molecule has 1 atom stereocenters. The molecule has 1 fully saturated rings. The van der Waals surface area contributed by atoms with E-state index in [1.807, 2.05) is 18.5 Å². The molecule has 1 aliphatic rings. The number of likely N-dealkylation sites (tertiary alicyclic amines) is 1. The SMILES string of the molecule is NC[C@@H]1CCCCN1Cc1cccnc1. The molecule has 1 saturated heterocycles. The van der Waals surface area contributed by atoms with Crippen LogP contribution < -0.4 is 5.73 Å². The van der Waals surface area contributed by atoms with Crippen molar-refractivity contribution >= 4 is 0 Å². The summed E-state index contributed by atoms with van der Waals surface area (Å²) in [5, 5.41) is 0. The molecule has 2 heterocycles. The lowest BCUT2D eigenvalue weighted by Crippen LogP contribution is -2.43. The molecule has 0 saturated carbocycles. The lowest BCUT2D eigenvalue weighted by Gasteiger charge is -2.34. The third-order valence-electron chi connectivity index (χ3n) is 3.13. The third-order valence-corrected chi connectivity index (χ3v) is 3.13. The van der Waals surface area contributed by atoms with Crippen LogP contribution in [-0.2, 0) is 6.54 Å². The van der Waals surface area contributed by atoms with Crippen LogP contribution in [0.1, 0.15) is 24.8 Å². The van der Waals surface area contributed by atoms with Gasteiger partial charge in [0.15, 0.2) is 0 Å². The predicted molar refractivity (Wildman–Crippen MR) is 61.3 cm³/mol. The Morgan fingerprint density at radius 2 is 2.40 bits per heavy atom. The van der Waals surface area contributed by atoms with Crippen molar-refractivity contribution in [1.82, 2.24) is 9.88 Å². The van der Waals surface area contributed by atoms with Crippen LogP contribution in [0.25, 0.3) is 0 Å². The van der Waals surface area contributed by atoms with Crippen LogP contribution in [0.15, 0.2) is 24.5 Å². The molecule has 3 heteroatoms. The van der Waals surface area contributed by atoms with Gasteiger partial charge in [0.25, 0.3) is 0 Å². The van der Waals surface area contributed by atoms with Gasteiger partial charge < -0.3 is 5.73 Å². The normalized spacial score (nSPS) is 22.9. The quantitative estimate of drug-likeness (QED) is 0.811. The van der Waals surface area contributed by atoms with Gasteiger partial charge in [-0.1, -0.05) is 12.5 Å². The second kappa shape index (κ2) is 5.24. The molecule has 0 spiro atoms. The largest absolute Gasteiger partial charge is 0.329 e. The molecule has 3 nitrogen and oxygen atoms in total. The highest BCUT2D eigenvalue weighted by Gasteiger charge is 2.20. The minimum atomic E-state index is 0.568. The van der Waals surface area contributed by atoms with E-state index in [1.54, 1.807) is 0 Å². The molecule has 1 aliphatic heterocycles. The van der Waals surface area contributed by atoms with Gasteiger partial charge in [-0.25, -0.2) is 0 Å². The number of nitrogens with two attached hydrogens (primary N) is 1. The second-order valence-electron chi connectivity index (χ2n) is 4.22. The molecule has 1 aromatic rings. The number of nitrogens with zero attached hydrogens (tertiary/aromatic N) is 2. The van der Waals surface area contributed by atoms with Crippen molar-refractivity contribution in [1.29, 1.82) is 0 Å². The maximum absolute atomic E-state index is 5.79. The highest BCUT2D eigenvalue weighted by molar-refractivity contribution is 5.08. The van der Waals surface area contributed by atoms with Crippen molar-refractivity contribution in [3.63, 3.8) is 0 Å². The monoisotopic (exact) mass is 205 g/mol. The van der Waals surface area contributed by atoms with Gasteiger partial charge in [-0.2, -0.15) is 0 Å². The zero-order valence-electron chi connectivity index (χ0n) is 9.10. The Balaban J connectivity index is 1.97. The van der Waals surface area contributed by atoms with E-state index >= 15 is 0 Å². The maximum atomic E-state index is 5.79. The fourth-order valence-corrected chi connectivity index (χ4v) is 2.26. The van der Waals surface area contributed by atoms with Crippen LogP contribution in [-0.4, -0.2) is 29.0 Å². The summed E-state index contributed by atoms with van der Waals surface area (Å²) >= 11 is 0. The Morgan fingerprint density at radius 3 is 3.13 bits per heavy atom. The van der Waals surface area contributed by atoms with Crippen LogP contribution in [0.5, 0.6) is 0 Å². The van der Waals surface area contributed by atoms with Gasteiger partial charge in [0.05, 0.1) is 0 Å². The van der Waals surface area contributed by atoms with E-state index < -0.39 is 0 Å². The predicted octanol–water partition coefficient (Wildman–Crippen LogP) is 1.39. The summed E-state index contributed by atoms with van der Waals surface area (Å²) in [7, 11) is 0. The molecule has 0 aromatic carbocycles. The Labute approximate surface area is 91.3 Å². The number of pyridine rings is 1. The topological polar surface area (TPSA) is 42.1 Å². The molecular weight excluding hydrogens is 186 g/mol. The summed E-state index contributed by atoms with van der Waals surface area (Å²) in [4.78, 5) is 6.63. The van der Waals surface area contributed by atoms with Gasteiger partial charge in [0, 0.05) is 31.5 Å². The number of hydrogen-bond donors (Lipinski definition) is 1. The van der Waals surface area contributed by atoms with E-state index in [0.717, 1.165) is 13.1 Å². The number of aromatic nitrogens is 1. The average molecular weight is 205 g/mol. The van der Waals surface area contributed by atoms with E-state index in [1.165, 1.54) is 31.4 Å². The molecule has 0 unspecified atom stereocenters. The Kier molecular flexibility index (Phi) is 3.69. The number of hydrogen-bond acceptors (Lipinski definition) is 3. The molecule has 2 N–H and O–H groups in total. The summed E-state index contributed by atoms with van der Waals surface area (Å²) < 4.78 is 0. The van der Waals surface area contributed by atoms with E-state index in [4.69, 9.17) is 5.73 Å². The van der Waals surface area contributed by atoms with E-state index in [9.17, 15) is 0 Å². The average Bonchev–Trinajstić information content (AvgIpc) is 2.31. The van der Waals surface area contributed by atoms with Crippen LogP contribution in [0.3, 0.4) is 0 Å². The molecule has 82 valence electrons. The highest BCUT2D eigenvalue weighted by atomic mass is 15.2. The van der Waals surface area contributed by atoms with Crippen molar-refractivity contribution < 1.29 is 0 Å². The summed E-state index contributed by atoms with van der Waals surface area (Å²) in [5.41, 5.74) is 7.08. The minimum absolute atomic E-state index is 0.568. The first-order valence-electron chi connectivity index (χ1n) is 5.73. The Morgan fingerprint density at radius 1 is 1.47 bits per heavy atom. The van der Waals surface area contributed by atoms with Gasteiger partial charge in [0.1, 0.15) is 0 Å². The first-order chi connectivity index (χ1) is 7.40. The van der Waals surface area contributed by atoms with Gasteiger partial charge in [0.2, 0.25) is 0 Å². The maximum Gasteiger partial charge on any atom is 0.0312 e. The minimum Gasteiger partial charge on any atom is -0.329 e. The fraction of sp³-hybridized carbons (Fsp3) is 0.583. The van der Waals surface area contributed by atoms with E-state index in [-0.39, 0.29) is 0 Å². The van der Waals surface area contributed by atoms with Gasteiger partial charge >= 0.3 is 0 Å². The molecular formula is C12H19N3. The third kappa shape index (κ3) is 2.76. The van der Waals surface area contributed by atoms with E-state index in [2.05, 4.69) is 16.0 Å². The summed E-state index contributed by atoms with van der Waals surface area (Å²) in [6.45, 7) is 2.95. The van der Waals surface area contributed by atoms with Crippen LogP contribution >= 0.6 is 0 Å². The summed E-state index contributed by atoms with van der Waals surface area (Å²) in [6, 6.07) is 4.70. The first-order valence-corrected chi connectivity index (χ1v) is 5.73. The number of piperidine rings is 1. The van der Waals surface area contributed by atoms with Crippen molar-refractivity contribution in [2.45, 2.75) is 31.8 Å². The fourth-order valence-electron chi connectivity index (χ4n) is 2.26. The summed E-state index contributed by atoms with van der Waals surface area (Å²) in [5.74, 6) is 0. The van der Waals surface area contributed by atoms with Gasteiger partial charge in [-0.15, -0.1) is 0 Å². The molecule has 0 amide bonds. The Hall–Kier alpha value is -0.930. The molecule has 15 heavy (non-hydrogen) atoms. The molecule has 0 radical (unpaired) electrons.